The van der Waals surface area contributed by atoms with Gasteiger partial charge in [-0.25, -0.2) is 14.8 Å². The SMILES string of the molecule is CN(C)C=Nc1ncc(C2=C(C(=O)OC(c3ccccc3)c3ccccc3)N3C(=O)C(NC(=O)Cc4cccs4)C3SC2)s1. The largest absolute Gasteiger partial charge is 0.448 e. The Balaban J connectivity index is 1.33. The summed E-state index contributed by atoms with van der Waals surface area (Å²) >= 11 is 4.32. The van der Waals surface area contributed by atoms with Crippen LogP contribution in [0.4, 0.5) is 5.13 Å². The molecule has 2 aliphatic heterocycles. The van der Waals surface area contributed by atoms with Gasteiger partial charge in [0.2, 0.25) is 11.0 Å². The summed E-state index contributed by atoms with van der Waals surface area (Å²) in [6.07, 6.45) is 2.84. The Morgan fingerprint density at radius 2 is 1.80 bits per heavy atom. The monoisotopic (exact) mass is 643 g/mol. The van der Waals surface area contributed by atoms with Crippen molar-refractivity contribution in [1.82, 2.24) is 20.1 Å². The minimum atomic E-state index is -0.738. The molecule has 2 aromatic carbocycles. The first kappa shape index (κ1) is 29.8. The van der Waals surface area contributed by atoms with E-state index in [1.54, 1.807) is 12.5 Å². The van der Waals surface area contributed by atoms with Crippen LogP contribution in [0.25, 0.3) is 5.57 Å². The smallest absolute Gasteiger partial charge is 0.356 e. The van der Waals surface area contributed by atoms with Crippen LogP contribution in [0, 0.1) is 0 Å². The molecular weight excluding hydrogens is 615 g/mol. The number of esters is 1. The molecule has 9 nitrogen and oxygen atoms in total. The number of aromatic nitrogens is 1. The van der Waals surface area contributed by atoms with Crippen LogP contribution in [0.3, 0.4) is 0 Å². The molecule has 0 aliphatic carbocycles. The van der Waals surface area contributed by atoms with Crippen molar-refractivity contribution in [2.45, 2.75) is 23.9 Å². The van der Waals surface area contributed by atoms with E-state index >= 15 is 0 Å². The van der Waals surface area contributed by atoms with Crippen LogP contribution in [0.15, 0.2) is 95.1 Å². The van der Waals surface area contributed by atoms with Crippen molar-refractivity contribution in [3.8, 4) is 0 Å². The fourth-order valence-corrected chi connectivity index (χ4v) is 7.93. The standard InChI is InChI=1S/C32H29N5O4S3/c1-36(2)19-34-32-33-17-24(44-32)23-18-43-30-26(35-25(38)16-22-14-9-15-42-22)29(39)37(30)27(23)31(40)41-28(20-10-5-3-6-11-20)21-12-7-4-8-13-21/h3-15,17,19,26,28,30H,16,18H2,1-2H3,(H,35,38). The summed E-state index contributed by atoms with van der Waals surface area (Å²) in [4.78, 5) is 54.4. The number of nitrogens with zero attached hydrogens (tertiary/aromatic N) is 4. The third kappa shape index (κ3) is 6.33. The van der Waals surface area contributed by atoms with E-state index in [1.807, 2.05) is 97.2 Å². The molecule has 2 unspecified atom stereocenters. The van der Waals surface area contributed by atoms with Gasteiger partial charge in [-0.15, -0.1) is 23.1 Å². The van der Waals surface area contributed by atoms with Crippen molar-refractivity contribution in [1.29, 1.82) is 0 Å². The van der Waals surface area contributed by atoms with E-state index in [9.17, 15) is 14.4 Å². The molecule has 0 radical (unpaired) electrons. The van der Waals surface area contributed by atoms with Crippen LogP contribution >= 0.6 is 34.4 Å². The zero-order valence-corrected chi connectivity index (χ0v) is 26.4. The maximum atomic E-state index is 14.2. The van der Waals surface area contributed by atoms with Gasteiger partial charge in [-0.1, -0.05) is 78.1 Å². The van der Waals surface area contributed by atoms with Gasteiger partial charge in [-0.2, -0.15) is 0 Å². The van der Waals surface area contributed by atoms with Crippen LogP contribution in [0.1, 0.15) is 27.0 Å². The normalized spacial score (nSPS) is 17.9. The maximum Gasteiger partial charge on any atom is 0.356 e. The maximum absolute atomic E-state index is 14.2. The summed E-state index contributed by atoms with van der Waals surface area (Å²) in [6, 6.07) is 22.1. The Kier molecular flexibility index (Phi) is 8.91. The number of hydrogen-bond donors (Lipinski definition) is 1. The number of hydrogen-bond acceptors (Lipinski definition) is 9. The third-order valence-electron chi connectivity index (χ3n) is 7.01. The Hall–Kier alpha value is -4.26. The number of rotatable bonds is 10. The number of ether oxygens (including phenoxy) is 1. The van der Waals surface area contributed by atoms with Crippen molar-refractivity contribution in [3.05, 3.63) is 111 Å². The summed E-state index contributed by atoms with van der Waals surface area (Å²) in [5, 5.41) is 4.89. The van der Waals surface area contributed by atoms with Gasteiger partial charge >= 0.3 is 5.97 Å². The van der Waals surface area contributed by atoms with E-state index in [1.165, 1.54) is 39.3 Å². The second-order valence-electron chi connectivity index (χ2n) is 10.4. The van der Waals surface area contributed by atoms with Crippen molar-refractivity contribution < 1.29 is 19.1 Å². The Morgan fingerprint density at radius 3 is 2.43 bits per heavy atom. The lowest BCUT2D eigenvalue weighted by molar-refractivity contribution is -0.154. The number of fused-ring (bicyclic) bond motifs is 1. The van der Waals surface area contributed by atoms with Crippen molar-refractivity contribution in [3.63, 3.8) is 0 Å². The topological polar surface area (TPSA) is 104 Å². The molecule has 6 rings (SSSR count). The van der Waals surface area contributed by atoms with E-state index in [0.29, 0.717) is 16.5 Å². The average molecular weight is 644 g/mol. The molecule has 2 aromatic heterocycles. The van der Waals surface area contributed by atoms with E-state index in [2.05, 4.69) is 15.3 Å². The molecule has 2 amide bonds. The zero-order valence-electron chi connectivity index (χ0n) is 24.0. The molecule has 4 heterocycles. The van der Waals surface area contributed by atoms with E-state index in [0.717, 1.165) is 20.9 Å². The lowest BCUT2D eigenvalue weighted by Crippen LogP contribution is -2.70. The van der Waals surface area contributed by atoms with Crippen LogP contribution in [-0.2, 0) is 25.5 Å². The van der Waals surface area contributed by atoms with Gasteiger partial charge in [0.15, 0.2) is 6.10 Å². The molecule has 1 fully saturated rings. The third-order valence-corrected chi connectivity index (χ3v) is 10.1. The number of amides is 2. The molecule has 1 N–H and O–H groups in total. The highest BCUT2D eigenvalue weighted by Crippen LogP contribution is 2.45. The van der Waals surface area contributed by atoms with Crippen LogP contribution in [0.2, 0.25) is 0 Å². The van der Waals surface area contributed by atoms with Gasteiger partial charge in [0.25, 0.3) is 5.91 Å². The first-order valence-electron chi connectivity index (χ1n) is 13.9. The lowest BCUT2D eigenvalue weighted by atomic mass is 10.0. The quantitative estimate of drug-likeness (QED) is 0.111. The molecule has 0 spiro atoms. The fourth-order valence-electron chi connectivity index (χ4n) is 4.97. The lowest BCUT2D eigenvalue weighted by Gasteiger charge is -2.49. The van der Waals surface area contributed by atoms with Crippen molar-refractivity contribution in [2.75, 3.05) is 19.8 Å². The van der Waals surface area contributed by atoms with Gasteiger partial charge in [0, 0.05) is 36.5 Å². The van der Waals surface area contributed by atoms with Crippen molar-refractivity contribution >= 4 is 69.3 Å². The summed E-state index contributed by atoms with van der Waals surface area (Å²) < 4.78 is 6.25. The number of thiazole rings is 1. The van der Waals surface area contributed by atoms with E-state index in [-0.39, 0.29) is 23.9 Å². The number of aliphatic imine (C=N–C) groups is 1. The number of thioether (sulfide) groups is 1. The Bertz CT molecular complexity index is 1660. The zero-order chi connectivity index (χ0) is 30.6. The first-order valence-corrected chi connectivity index (χ1v) is 16.6. The molecule has 44 heavy (non-hydrogen) atoms. The highest BCUT2D eigenvalue weighted by atomic mass is 32.2. The summed E-state index contributed by atoms with van der Waals surface area (Å²) in [6.45, 7) is 0. The number of carbonyl (C=O) groups is 3. The van der Waals surface area contributed by atoms with Gasteiger partial charge < -0.3 is 15.0 Å². The van der Waals surface area contributed by atoms with Gasteiger partial charge in [0.1, 0.15) is 17.1 Å². The Labute approximate surface area is 267 Å². The van der Waals surface area contributed by atoms with Crippen LogP contribution in [0.5, 0.6) is 0 Å². The molecule has 2 aliphatic rings. The first-order chi connectivity index (χ1) is 21.4. The molecule has 1 saturated heterocycles. The van der Waals surface area contributed by atoms with E-state index < -0.39 is 23.5 Å². The summed E-state index contributed by atoms with van der Waals surface area (Å²) in [5.41, 5.74) is 2.44. The highest BCUT2D eigenvalue weighted by Gasteiger charge is 2.55. The number of carbonyl (C=O) groups excluding carboxylic acids is 3. The van der Waals surface area contributed by atoms with Crippen molar-refractivity contribution in [2.24, 2.45) is 4.99 Å². The molecule has 4 aromatic rings. The number of β-lactam (4-membered cyclic amide) rings is 1. The predicted octanol–water partition coefficient (Wildman–Crippen LogP) is 5.11. The predicted molar refractivity (Wildman–Crippen MR) is 175 cm³/mol. The van der Waals surface area contributed by atoms with Gasteiger partial charge in [-0.3, -0.25) is 14.5 Å². The van der Waals surface area contributed by atoms with Crippen LogP contribution < -0.4 is 5.32 Å². The van der Waals surface area contributed by atoms with Crippen LogP contribution in [-0.4, -0.2) is 70.2 Å². The summed E-state index contributed by atoms with van der Waals surface area (Å²) in [5.74, 6) is -0.774. The van der Waals surface area contributed by atoms with E-state index in [4.69, 9.17) is 4.74 Å². The molecule has 224 valence electrons. The number of thiophene rings is 1. The Morgan fingerprint density at radius 1 is 1.09 bits per heavy atom. The fraction of sp³-hybridized carbons (Fsp3) is 0.219. The molecule has 0 saturated carbocycles. The second-order valence-corrected chi connectivity index (χ2v) is 13.5. The number of benzene rings is 2. The minimum absolute atomic E-state index is 0.172. The summed E-state index contributed by atoms with van der Waals surface area (Å²) in [7, 11) is 3.74. The van der Waals surface area contributed by atoms with Gasteiger partial charge in [0.05, 0.1) is 17.6 Å². The molecule has 12 heteroatoms. The average Bonchev–Trinajstić information content (AvgIpc) is 3.74. The highest BCUT2D eigenvalue weighted by molar-refractivity contribution is 8.00. The van der Waals surface area contributed by atoms with Gasteiger partial charge in [-0.05, 0) is 22.6 Å². The second kappa shape index (κ2) is 13.2. The minimum Gasteiger partial charge on any atom is -0.448 e. The molecule has 2 atom stereocenters. The number of nitrogens with one attached hydrogen (secondary N) is 1. The molecule has 0 bridgehead atoms. The molecular formula is C32H29N5O4S3.